The first kappa shape index (κ1) is 34.2. The van der Waals surface area contributed by atoms with Gasteiger partial charge in [0.25, 0.3) is 0 Å². The summed E-state index contributed by atoms with van der Waals surface area (Å²) in [6.45, 7) is 0. The Morgan fingerprint density at radius 1 is 0.373 bits per heavy atom. The number of rotatable bonds is 7. The summed E-state index contributed by atoms with van der Waals surface area (Å²) in [7, 11) is 0. The quantitative estimate of drug-likeness (QED) is 0.161. The Bertz CT molecular complexity index is 3320. The minimum atomic E-state index is 0.615. The minimum absolute atomic E-state index is 0.615. The fourth-order valence-electron chi connectivity index (χ4n) is 7.94. The third-order valence-corrected chi connectivity index (χ3v) is 10.9. The number of fused-ring (bicyclic) bond motifs is 5. The predicted octanol–water partition coefficient (Wildman–Crippen LogP) is 13.4. The average Bonchev–Trinajstić information content (AvgIpc) is 3.72. The molecule has 0 aliphatic carbocycles. The van der Waals surface area contributed by atoms with Gasteiger partial charge in [-0.05, 0) is 69.3 Å². The Morgan fingerprint density at radius 3 is 1.53 bits per heavy atom. The summed E-state index contributed by atoms with van der Waals surface area (Å²) < 4.78 is 6.53. The van der Waals surface area contributed by atoms with Gasteiger partial charge in [0, 0.05) is 39.2 Å². The minimum Gasteiger partial charge on any atom is -0.455 e. The molecule has 6 nitrogen and oxygen atoms in total. The van der Waals surface area contributed by atoms with Gasteiger partial charge in [0.05, 0.1) is 10.9 Å². The van der Waals surface area contributed by atoms with Crippen LogP contribution in [0.3, 0.4) is 0 Å². The van der Waals surface area contributed by atoms with Crippen molar-refractivity contribution in [2.45, 2.75) is 0 Å². The number of furan rings is 1. The molecule has 0 N–H and O–H groups in total. The van der Waals surface area contributed by atoms with Crippen molar-refractivity contribution in [3.8, 4) is 78.7 Å². The Balaban J connectivity index is 0.964. The molecule has 11 aromatic rings. The van der Waals surface area contributed by atoms with Crippen LogP contribution in [0.5, 0.6) is 0 Å². The predicted molar refractivity (Wildman–Crippen MR) is 238 cm³/mol. The highest BCUT2D eigenvalue weighted by Crippen LogP contribution is 2.41. The van der Waals surface area contributed by atoms with E-state index in [4.69, 9.17) is 19.4 Å². The van der Waals surface area contributed by atoms with E-state index in [-0.39, 0.29) is 0 Å². The third-order valence-electron chi connectivity index (χ3n) is 10.9. The van der Waals surface area contributed by atoms with E-state index in [1.807, 2.05) is 60.8 Å². The van der Waals surface area contributed by atoms with Crippen molar-refractivity contribution in [1.29, 1.82) is 0 Å². The van der Waals surface area contributed by atoms with E-state index in [2.05, 4.69) is 143 Å². The van der Waals surface area contributed by atoms with Crippen molar-refractivity contribution in [2.24, 2.45) is 0 Å². The molecule has 0 saturated carbocycles. The van der Waals surface area contributed by atoms with Crippen molar-refractivity contribution >= 4 is 32.8 Å². The maximum Gasteiger partial charge on any atom is 0.164 e. The number of nitrogens with zero attached hydrogens (tertiary/aromatic N) is 5. The number of hydrogen-bond donors (Lipinski definition) is 0. The van der Waals surface area contributed by atoms with E-state index in [1.165, 1.54) is 5.56 Å². The lowest BCUT2D eigenvalue weighted by Crippen LogP contribution is -2.00. The van der Waals surface area contributed by atoms with Gasteiger partial charge in [0.15, 0.2) is 17.5 Å². The van der Waals surface area contributed by atoms with E-state index in [0.29, 0.717) is 17.5 Å². The van der Waals surface area contributed by atoms with Gasteiger partial charge in [-0.15, -0.1) is 0 Å². The number of benzene rings is 8. The molecule has 276 valence electrons. The second-order valence-electron chi connectivity index (χ2n) is 14.5. The van der Waals surface area contributed by atoms with Crippen LogP contribution in [0.2, 0.25) is 0 Å². The van der Waals surface area contributed by atoms with Crippen molar-refractivity contribution in [3.05, 3.63) is 201 Å². The molecule has 8 aromatic carbocycles. The zero-order chi connectivity index (χ0) is 39.1. The molecule has 0 fully saturated rings. The summed E-state index contributed by atoms with van der Waals surface area (Å²) in [5.41, 5.74) is 14.0. The monoisotopic (exact) mass is 755 g/mol. The summed E-state index contributed by atoms with van der Waals surface area (Å²) in [4.78, 5) is 24.0. The van der Waals surface area contributed by atoms with Crippen molar-refractivity contribution < 1.29 is 4.42 Å². The number of para-hydroxylation sites is 1. The second-order valence-corrected chi connectivity index (χ2v) is 14.5. The van der Waals surface area contributed by atoms with Crippen LogP contribution >= 0.6 is 0 Å². The molecule has 59 heavy (non-hydrogen) atoms. The molecule has 0 saturated heterocycles. The molecule has 0 spiro atoms. The highest BCUT2D eigenvalue weighted by Gasteiger charge is 2.18. The topological polar surface area (TPSA) is 77.6 Å². The van der Waals surface area contributed by atoms with Crippen LogP contribution in [0.25, 0.3) is 112 Å². The molecular formula is C53H33N5O. The lowest BCUT2D eigenvalue weighted by molar-refractivity contribution is 0.670. The van der Waals surface area contributed by atoms with Gasteiger partial charge >= 0.3 is 0 Å². The van der Waals surface area contributed by atoms with E-state index < -0.39 is 0 Å². The second kappa shape index (κ2) is 14.4. The number of aromatic nitrogens is 5. The molecule has 0 radical (unpaired) electrons. The maximum atomic E-state index is 6.53. The zero-order valence-electron chi connectivity index (χ0n) is 31.7. The third kappa shape index (κ3) is 6.39. The van der Waals surface area contributed by atoms with Gasteiger partial charge in [-0.2, -0.15) is 0 Å². The number of hydrogen-bond acceptors (Lipinski definition) is 6. The first-order chi connectivity index (χ1) is 29.2. The standard InChI is InChI=1S/C53H33N5O/c1-3-12-34(13-4-1)35-24-26-37(27-25-35)52-56-51(36-14-5-2-6-15-36)57-53(58-52)43-21-11-19-41(30-43)39-17-9-16-38(28-39)40-18-10-20-42(29-40)46-31-44-32-54-33-55-49(44)48-45-22-7-8-23-47(45)59-50(46)48/h1-33H. The molecule has 0 amide bonds. The van der Waals surface area contributed by atoms with Crippen molar-refractivity contribution in [3.63, 3.8) is 0 Å². The van der Waals surface area contributed by atoms with Crippen molar-refractivity contribution in [1.82, 2.24) is 24.9 Å². The molecule has 0 aliphatic rings. The van der Waals surface area contributed by atoms with Crippen LogP contribution < -0.4 is 0 Å². The van der Waals surface area contributed by atoms with Crippen LogP contribution in [0, 0.1) is 0 Å². The summed E-state index contributed by atoms with van der Waals surface area (Å²) in [5, 5.41) is 3.02. The summed E-state index contributed by atoms with van der Waals surface area (Å²) in [6.07, 6.45) is 3.47. The van der Waals surface area contributed by atoms with Crippen LogP contribution in [0.15, 0.2) is 205 Å². The van der Waals surface area contributed by atoms with E-state index in [0.717, 1.165) is 88.5 Å². The Kier molecular flexibility index (Phi) is 8.37. The van der Waals surface area contributed by atoms with Crippen LogP contribution in [0.4, 0.5) is 0 Å². The lowest BCUT2D eigenvalue weighted by Gasteiger charge is -2.11. The smallest absolute Gasteiger partial charge is 0.164 e. The summed E-state index contributed by atoms with van der Waals surface area (Å²) >= 11 is 0. The Hall–Kier alpha value is -8.09. The van der Waals surface area contributed by atoms with Crippen LogP contribution in [-0.2, 0) is 0 Å². The molecule has 3 heterocycles. The van der Waals surface area contributed by atoms with E-state index in [1.54, 1.807) is 6.33 Å². The fraction of sp³-hybridized carbons (Fsp3) is 0. The first-order valence-electron chi connectivity index (χ1n) is 19.5. The molecule has 11 rings (SSSR count). The first-order valence-corrected chi connectivity index (χ1v) is 19.5. The Labute approximate surface area is 340 Å². The molecule has 3 aromatic heterocycles. The highest BCUT2D eigenvalue weighted by molar-refractivity contribution is 6.21. The van der Waals surface area contributed by atoms with Crippen molar-refractivity contribution in [2.75, 3.05) is 0 Å². The van der Waals surface area contributed by atoms with E-state index in [9.17, 15) is 0 Å². The molecule has 0 bridgehead atoms. The van der Waals surface area contributed by atoms with Gasteiger partial charge in [0.2, 0.25) is 0 Å². The molecule has 0 aliphatic heterocycles. The van der Waals surface area contributed by atoms with Crippen LogP contribution in [-0.4, -0.2) is 24.9 Å². The Morgan fingerprint density at radius 2 is 0.847 bits per heavy atom. The lowest BCUT2D eigenvalue weighted by atomic mass is 9.94. The van der Waals surface area contributed by atoms with E-state index >= 15 is 0 Å². The summed E-state index contributed by atoms with van der Waals surface area (Å²) in [5.74, 6) is 1.87. The largest absolute Gasteiger partial charge is 0.455 e. The zero-order valence-corrected chi connectivity index (χ0v) is 31.7. The van der Waals surface area contributed by atoms with Gasteiger partial charge < -0.3 is 4.42 Å². The van der Waals surface area contributed by atoms with Gasteiger partial charge in [-0.3, -0.25) is 0 Å². The van der Waals surface area contributed by atoms with Gasteiger partial charge in [-0.1, -0.05) is 158 Å². The molecule has 6 heteroatoms. The van der Waals surface area contributed by atoms with Gasteiger partial charge in [0.1, 0.15) is 17.5 Å². The molecule has 0 atom stereocenters. The summed E-state index contributed by atoms with van der Waals surface area (Å²) in [6, 6.07) is 64.9. The van der Waals surface area contributed by atoms with Crippen LogP contribution in [0.1, 0.15) is 0 Å². The van der Waals surface area contributed by atoms with Gasteiger partial charge in [-0.25, -0.2) is 24.9 Å². The highest BCUT2D eigenvalue weighted by atomic mass is 16.3. The average molecular weight is 756 g/mol. The fourth-order valence-corrected chi connectivity index (χ4v) is 7.94. The maximum absolute atomic E-state index is 6.53. The normalized spacial score (nSPS) is 11.4. The molecular weight excluding hydrogens is 723 g/mol. The SMILES string of the molecule is c1ccc(-c2ccc(-c3nc(-c4ccccc4)nc(-c4cccc(-c5cccc(-c6cccc(-c7cc8cncnc8c8c7oc7ccccc78)c6)c5)c4)n3)cc2)cc1. The molecule has 0 unspecified atom stereocenters.